The molecular weight excluding hydrogens is 400 g/mol. The number of sulfonamides is 1. The quantitative estimate of drug-likeness (QED) is 0.637. The van der Waals surface area contributed by atoms with Crippen LogP contribution in [0.1, 0.15) is 21.5 Å². The summed E-state index contributed by atoms with van der Waals surface area (Å²) >= 11 is 0. The second-order valence-electron chi connectivity index (χ2n) is 6.99. The number of benzene rings is 3. The fraction of sp³-hybridized carbons (Fsp3) is 0.174. The highest BCUT2D eigenvalue weighted by molar-refractivity contribution is 7.92. The first-order chi connectivity index (χ1) is 14.2. The molecule has 0 heterocycles. The summed E-state index contributed by atoms with van der Waals surface area (Å²) in [6.07, 6.45) is 0. The van der Waals surface area contributed by atoms with Crippen molar-refractivity contribution >= 4 is 27.3 Å². The Morgan fingerprint density at radius 2 is 1.50 bits per heavy atom. The summed E-state index contributed by atoms with van der Waals surface area (Å²) in [6, 6.07) is 18.6. The fourth-order valence-electron chi connectivity index (χ4n) is 2.94. The smallest absolute Gasteiger partial charge is 0.264 e. The van der Waals surface area contributed by atoms with Gasteiger partial charge in [0.15, 0.2) is 0 Å². The molecule has 1 N–H and O–H groups in total. The summed E-state index contributed by atoms with van der Waals surface area (Å²) in [6.45, 7) is 3.82. The van der Waals surface area contributed by atoms with Gasteiger partial charge in [-0.15, -0.1) is 0 Å². The van der Waals surface area contributed by atoms with Gasteiger partial charge in [-0.2, -0.15) is 0 Å². The zero-order chi connectivity index (χ0) is 21.9. The minimum atomic E-state index is -3.69. The second kappa shape index (κ2) is 8.59. The number of ether oxygens (including phenoxy) is 1. The molecule has 0 aliphatic carbocycles. The van der Waals surface area contributed by atoms with Gasteiger partial charge in [-0.05, 0) is 67.9 Å². The van der Waals surface area contributed by atoms with Gasteiger partial charge in [-0.1, -0.05) is 23.8 Å². The SMILES string of the molecule is COc1ccc(C)cc1NC(=O)c1ccc(N(C)S(=O)(=O)c2ccc(C)cc2)cc1. The number of nitrogens with one attached hydrogen (secondary N) is 1. The van der Waals surface area contributed by atoms with Crippen molar-refractivity contribution in [3.05, 3.63) is 83.4 Å². The first kappa shape index (κ1) is 21.4. The van der Waals surface area contributed by atoms with E-state index >= 15 is 0 Å². The van der Waals surface area contributed by atoms with Gasteiger partial charge in [0, 0.05) is 12.6 Å². The third-order valence-electron chi connectivity index (χ3n) is 4.78. The fourth-order valence-corrected chi connectivity index (χ4v) is 4.14. The number of amides is 1. The van der Waals surface area contributed by atoms with Gasteiger partial charge < -0.3 is 10.1 Å². The molecular formula is C23H24N2O4S. The van der Waals surface area contributed by atoms with E-state index in [4.69, 9.17) is 4.74 Å². The van der Waals surface area contributed by atoms with Crippen molar-refractivity contribution in [1.82, 2.24) is 0 Å². The number of nitrogens with zero attached hydrogens (tertiary/aromatic N) is 1. The Bertz CT molecular complexity index is 1150. The Morgan fingerprint density at radius 3 is 2.10 bits per heavy atom. The van der Waals surface area contributed by atoms with Gasteiger partial charge in [0.25, 0.3) is 15.9 Å². The second-order valence-corrected chi connectivity index (χ2v) is 8.96. The lowest BCUT2D eigenvalue weighted by atomic mass is 10.1. The number of carbonyl (C=O) groups is 1. The minimum Gasteiger partial charge on any atom is -0.495 e. The number of rotatable bonds is 6. The zero-order valence-corrected chi connectivity index (χ0v) is 18.2. The first-order valence-electron chi connectivity index (χ1n) is 9.34. The van der Waals surface area contributed by atoms with Crippen molar-refractivity contribution in [2.45, 2.75) is 18.7 Å². The third kappa shape index (κ3) is 4.46. The number of carbonyl (C=O) groups excluding carboxylic acids is 1. The lowest BCUT2D eigenvalue weighted by Crippen LogP contribution is -2.26. The Balaban J connectivity index is 1.80. The maximum Gasteiger partial charge on any atom is 0.264 e. The van der Waals surface area contributed by atoms with Crippen LogP contribution >= 0.6 is 0 Å². The first-order valence-corrected chi connectivity index (χ1v) is 10.8. The van der Waals surface area contributed by atoms with Gasteiger partial charge in [0.05, 0.1) is 23.4 Å². The van der Waals surface area contributed by atoms with Crippen LogP contribution in [0, 0.1) is 13.8 Å². The van der Waals surface area contributed by atoms with E-state index in [-0.39, 0.29) is 10.8 Å². The summed E-state index contributed by atoms with van der Waals surface area (Å²) in [5, 5.41) is 2.83. The molecule has 0 aromatic heterocycles. The van der Waals surface area contributed by atoms with Crippen LogP contribution in [-0.4, -0.2) is 28.5 Å². The number of hydrogen-bond acceptors (Lipinski definition) is 4. The van der Waals surface area contributed by atoms with Crippen molar-refractivity contribution in [3.63, 3.8) is 0 Å². The van der Waals surface area contributed by atoms with Crippen LogP contribution in [0.25, 0.3) is 0 Å². The maximum atomic E-state index is 12.8. The minimum absolute atomic E-state index is 0.212. The molecule has 1 amide bonds. The van der Waals surface area contributed by atoms with Crippen LogP contribution in [0.5, 0.6) is 5.75 Å². The molecule has 3 aromatic rings. The highest BCUT2D eigenvalue weighted by atomic mass is 32.2. The normalized spacial score (nSPS) is 11.1. The monoisotopic (exact) mass is 424 g/mol. The van der Waals surface area contributed by atoms with E-state index < -0.39 is 10.0 Å². The Morgan fingerprint density at radius 1 is 0.900 bits per heavy atom. The number of aryl methyl sites for hydroxylation is 2. The number of hydrogen-bond donors (Lipinski definition) is 1. The summed E-state index contributed by atoms with van der Waals surface area (Å²) in [7, 11) is -0.659. The average molecular weight is 425 g/mol. The van der Waals surface area contributed by atoms with E-state index in [2.05, 4.69) is 5.32 Å². The molecule has 0 saturated heterocycles. The molecule has 30 heavy (non-hydrogen) atoms. The molecule has 0 aliphatic heterocycles. The lowest BCUT2D eigenvalue weighted by Gasteiger charge is -2.20. The van der Waals surface area contributed by atoms with Gasteiger partial charge in [-0.25, -0.2) is 8.42 Å². The van der Waals surface area contributed by atoms with Gasteiger partial charge >= 0.3 is 0 Å². The Labute approximate surface area is 177 Å². The van der Waals surface area contributed by atoms with Crippen molar-refractivity contribution in [1.29, 1.82) is 0 Å². The summed E-state index contributed by atoms with van der Waals surface area (Å²) in [4.78, 5) is 12.8. The molecule has 3 rings (SSSR count). The molecule has 156 valence electrons. The highest BCUT2D eigenvalue weighted by Crippen LogP contribution is 2.27. The van der Waals surface area contributed by atoms with Crippen molar-refractivity contribution < 1.29 is 17.9 Å². The molecule has 0 atom stereocenters. The zero-order valence-electron chi connectivity index (χ0n) is 17.3. The average Bonchev–Trinajstić information content (AvgIpc) is 2.74. The Hall–Kier alpha value is -3.32. The molecule has 0 radical (unpaired) electrons. The summed E-state index contributed by atoms with van der Waals surface area (Å²) < 4.78 is 32.2. The van der Waals surface area contributed by atoms with Crippen LogP contribution in [0.4, 0.5) is 11.4 Å². The van der Waals surface area contributed by atoms with Gasteiger partial charge in [-0.3, -0.25) is 9.10 Å². The molecule has 0 saturated carbocycles. The number of anilines is 2. The van der Waals surface area contributed by atoms with E-state index in [1.165, 1.54) is 11.4 Å². The molecule has 0 aliphatic rings. The van der Waals surface area contributed by atoms with E-state index in [0.717, 1.165) is 11.1 Å². The standard InChI is InChI=1S/C23H24N2O4S/c1-16-5-12-20(13-6-16)30(27,28)25(3)19-10-8-18(9-11-19)23(26)24-21-15-17(2)7-14-22(21)29-4/h5-15H,1-4H3,(H,24,26). The van der Waals surface area contributed by atoms with Crippen LogP contribution in [-0.2, 0) is 10.0 Å². The Kier molecular flexibility index (Phi) is 6.12. The van der Waals surface area contributed by atoms with E-state index in [1.807, 2.05) is 26.0 Å². The topological polar surface area (TPSA) is 75.7 Å². The molecule has 0 unspecified atom stereocenters. The summed E-state index contributed by atoms with van der Waals surface area (Å²) in [5.41, 5.74) is 3.41. The largest absolute Gasteiger partial charge is 0.495 e. The van der Waals surface area contributed by atoms with Crippen molar-refractivity contribution in [2.75, 3.05) is 23.8 Å². The van der Waals surface area contributed by atoms with Crippen LogP contribution < -0.4 is 14.4 Å². The molecule has 7 heteroatoms. The molecule has 6 nitrogen and oxygen atoms in total. The summed E-state index contributed by atoms with van der Waals surface area (Å²) in [5.74, 6) is 0.254. The predicted octanol–water partition coefficient (Wildman–Crippen LogP) is 4.39. The van der Waals surface area contributed by atoms with E-state index in [1.54, 1.807) is 61.7 Å². The number of methoxy groups -OCH3 is 1. The van der Waals surface area contributed by atoms with Gasteiger partial charge in [0.2, 0.25) is 0 Å². The lowest BCUT2D eigenvalue weighted by molar-refractivity contribution is 0.102. The van der Waals surface area contributed by atoms with E-state index in [0.29, 0.717) is 22.7 Å². The van der Waals surface area contributed by atoms with Crippen LogP contribution in [0.15, 0.2) is 71.6 Å². The van der Waals surface area contributed by atoms with Crippen LogP contribution in [0.3, 0.4) is 0 Å². The molecule has 0 fully saturated rings. The maximum absolute atomic E-state index is 12.8. The van der Waals surface area contributed by atoms with Crippen molar-refractivity contribution in [3.8, 4) is 5.75 Å². The molecule has 0 spiro atoms. The van der Waals surface area contributed by atoms with Crippen molar-refractivity contribution in [2.24, 2.45) is 0 Å². The third-order valence-corrected chi connectivity index (χ3v) is 6.58. The molecule has 0 bridgehead atoms. The highest BCUT2D eigenvalue weighted by Gasteiger charge is 2.21. The van der Waals surface area contributed by atoms with Crippen LogP contribution in [0.2, 0.25) is 0 Å². The van der Waals surface area contributed by atoms with Gasteiger partial charge in [0.1, 0.15) is 5.75 Å². The predicted molar refractivity (Wildman–Crippen MR) is 119 cm³/mol. The van der Waals surface area contributed by atoms with E-state index in [9.17, 15) is 13.2 Å². The molecule has 3 aromatic carbocycles.